The van der Waals surface area contributed by atoms with Crippen molar-refractivity contribution in [1.82, 2.24) is 4.90 Å². The van der Waals surface area contributed by atoms with Crippen molar-refractivity contribution < 1.29 is 14.3 Å². The molecule has 0 spiro atoms. The van der Waals surface area contributed by atoms with E-state index in [0.717, 1.165) is 29.7 Å². The lowest BCUT2D eigenvalue weighted by atomic mass is 9.91. The van der Waals surface area contributed by atoms with Crippen LogP contribution in [-0.4, -0.2) is 43.2 Å². The zero-order valence-corrected chi connectivity index (χ0v) is 18.5. The van der Waals surface area contributed by atoms with Gasteiger partial charge in [-0.25, -0.2) is 0 Å². The summed E-state index contributed by atoms with van der Waals surface area (Å²) in [6.07, 6.45) is 2.37. The van der Waals surface area contributed by atoms with Crippen LogP contribution in [0.4, 0.5) is 0 Å². The van der Waals surface area contributed by atoms with Gasteiger partial charge in [0, 0.05) is 12.1 Å². The number of likely N-dealkylation sites (tertiary alicyclic amines) is 1. The van der Waals surface area contributed by atoms with Gasteiger partial charge >= 0.3 is 5.97 Å². The third kappa shape index (κ3) is 5.97. The number of ether oxygens (including phenoxy) is 2. The zero-order valence-electron chi connectivity index (χ0n) is 17.7. The first kappa shape index (κ1) is 23.2. The minimum Gasteiger partial charge on any atom is -0.497 e. The van der Waals surface area contributed by atoms with E-state index in [1.807, 2.05) is 54.6 Å². The molecule has 2 aromatic rings. The van der Waals surface area contributed by atoms with Gasteiger partial charge in [-0.1, -0.05) is 42.5 Å². The summed E-state index contributed by atoms with van der Waals surface area (Å²) < 4.78 is 11.3. The van der Waals surface area contributed by atoms with Crippen LogP contribution in [0.15, 0.2) is 54.6 Å². The van der Waals surface area contributed by atoms with Gasteiger partial charge in [0.1, 0.15) is 11.9 Å². The van der Waals surface area contributed by atoms with Crippen molar-refractivity contribution in [3.63, 3.8) is 0 Å². The highest BCUT2D eigenvalue weighted by molar-refractivity contribution is 5.85. The fourth-order valence-corrected chi connectivity index (χ4v) is 3.99. The highest BCUT2D eigenvalue weighted by Gasteiger charge is 2.32. The number of halogens is 1. The van der Waals surface area contributed by atoms with Crippen LogP contribution in [0, 0.1) is 0 Å². The number of benzene rings is 2. The average Bonchev–Trinajstić information content (AvgIpc) is 2.71. The number of esters is 1. The Morgan fingerprint density at radius 3 is 2.17 bits per heavy atom. The first-order valence-corrected chi connectivity index (χ1v) is 10.1. The number of methoxy groups -OCH3 is 1. The largest absolute Gasteiger partial charge is 0.497 e. The molecule has 0 radical (unpaired) electrons. The standard InChI is InChI=1S/C24H31NO3.ClH/c1-17-14-22(15-18(2)25(17)3)28-24(26)23(20-8-6-5-7-9-20)16-19-10-12-21(27-4)13-11-19;/h5-13,17-18,22-23H,14-16H2,1-4H3;1H. The molecule has 3 rings (SSSR count). The molecular weight excluding hydrogens is 386 g/mol. The van der Waals surface area contributed by atoms with Crippen molar-refractivity contribution in [2.75, 3.05) is 14.2 Å². The van der Waals surface area contributed by atoms with Gasteiger partial charge < -0.3 is 14.4 Å². The molecule has 1 aliphatic heterocycles. The van der Waals surface area contributed by atoms with Crippen LogP contribution in [-0.2, 0) is 16.0 Å². The Kier molecular flexibility index (Phi) is 8.54. The molecule has 0 amide bonds. The van der Waals surface area contributed by atoms with Gasteiger partial charge in [0.25, 0.3) is 0 Å². The lowest BCUT2D eigenvalue weighted by Gasteiger charge is -2.40. The topological polar surface area (TPSA) is 38.8 Å². The Labute approximate surface area is 180 Å². The first-order chi connectivity index (χ1) is 13.5. The summed E-state index contributed by atoms with van der Waals surface area (Å²) in [6.45, 7) is 4.39. The van der Waals surface area contributed by atoms with E-state index in [1.54, 1.807) is 7.11 Å². The highest BCUT2D eigenvalue weighted by atomic mass is 35.5. The maximum absolute atomic E-state index is 13.2. The molecule has 1 aliphatic rings. The summed E-state index contributed by atoms with van der Waals surface area (Å²) in [7, 11) is 3.80. The Hall–Kier alpha value is -2.04. The molecule has 4 nitrogen and oxygen atoms in total. The maximum atomic E-state index is 13.2. The Balaban J connectivity index is 0.00000300. The smallest absolute Gasteiger partial charge is 0.314 e. The fourth-order valence-electron chi connectivity index (χ4n) is 3.99. The normalized spacial score (nSPS) is 23.0. The lowest BCUT2D eigenvalue weighted by Crippen LogP contribution is -2.47. The summed E-state index contributed by atoms with van der Waals surface area (Å²) in [5, 5.41) is 0. The molecule has 1 fully saturated rings. The zero-order chi connectivity index (χ0) is 20.1. The van der Waals surface area contributed by atoms with Crippen LogP contribution in [0.2, 0.25) is 0 Å². The lowest BCUT2D eigenvalue weighted by molar-refractivity contribution is -0.155. The molecular formula is C24H32ClNO3. The average molecular weight is 418 g/mol. The number of carbonyl (C=O) groups excluding carboxylic acids is 1. The Morgan fingerprint density at radius 1 is 1.03 bits per heavy atom. The van der Waals surface area contributed by atoms with Gasteiger partial charge in [-0.15, -0.1) is 12.4 Å². The van der Waals surface area contributed by atoms with Crippen LogP contribution in [0.5, 0.6) is 5.75 Å². The second-order valence-electron chi connectivity index (χ2n) is 7.91. The van der Waals surface area contributed by atoms with E-state index in [2.05, 4.69) is 25.8 Å². The van der Waals surface area contributed by atoms with Gasteiger partial charge in [-0.3, -0.25) is 4.79 Å². The number of rotatable bonds is 6. The third-order valence-corrected chi connectivity index (χ3v) is 5.97. The van der Waals surface area contributed by atoms with E-state index >= 15 is 0 Å². The van der Waals surface area contributed by atoms with Gasteiger partial charge in [-0.05, 0) is 63.4 Å². The van der Waals surface area contributed by atoms with Crippen molar-refractivity contribution in [2.24, 2.45) is 0 Å². The van der Waals surface area contributed by atoms with E-state index in [9.17, 15) is 4.79 Å². The summed E-state index contributed by atoms with van der Waals surface area (Å²) in [6, 6.07) is 18.7. The molecule has 5 heteroatoms. The van der Waals surface area contributed by atoms with Crippen LogP contribution >= 0.6 is 12.4 Å². The SMILES string of the molecule is COc1ccc(CC(C(=O)OC2CC(C)N(C)C(C)C2)c2ccccc2)cc1.Cl. The molecule has 29 heavy (non-hydrogen) atoms. The number of hydrogen-bond donors (Lipinski definition) is 0. The first-order valence-electron chi connectivity index (χ1n) is 10.1. The van der Waals surface area contributed by atoms with Crippen molar-refractivity contribution in [3.05, 3.63) is 65.7 Å². The quantitative estimate of drug-likeness (QED) is 0.629. The Bertz CT molecular complexity index is 753. The molecule has 3 unspecified atom stereocenters. The summed E-state index contributed by atoms with van der Waals surface area (Å²) in [4.78, 5) is 15.5. The second kappa shape index (κ2) is 10.7. The van der Waals surface area contributed by atoms with Crippen LogP contribution in [0.1, 0.15) is 43.7 Å². The van der Waals surface area contributed by atoms with Gasteiger partial charge in [0.15, 0.2) is 0 Å². The van der Waals surface area contributed by atoms with Crippen molar-refractivity contribution in [1.29, 1.82) is 0 Å². The predicted molar refractivity (Wildman–Crippen MR) is 119 cm³/mol. The van der Waals surface area contributed by atoms with Crippen molar-refractivity contribution in [3.8, 4) is 5.75 Å². The number of hydrogen-bond acceptors (Lipinski definition) is 4. The molecule has 0 saturated carbocycles. The molecule has 2 aromatic carbocycles. The summed E-state index contributed by atoms with van der Waals surface area (Å²) in [5.41, 5.74) is 2.09. The van der Waals surface area contributed by atoms with Crippen LogP contribution in [0.3, 0.4) is 0 Å². The van der Waals surface area contributed by atoms with Crippen molar-refractivity contribution >= 4 is 18.4 Å². The van der Waals surface area contributed by atoms with Crippen LogP contribution < -0.4 is 4.74 Å². The highest BCUT2D eigenvalue weighted by Crippen LogP contribution is 2.28. The van der Waals surface area contributed by atoms with E-state index in [1.165, 1.54) is 0 Å². The minimum absolute atomic E-state index is 0. The summed E-state index contributed by atoms with van der Waals surface area (Å²) in [5.74, 6) is 0.382. The van der Waals surface area contributed by atoms with Crippen molar-refractivity contribution in [2.45, 2.75) is 57.2 Å². The van der Waals surface area contributed by atoms with E-state index in [-0.39, 0.29) is 30.4 Å². The Morgan fingerprint density at radius 2 is 1.62 bits per heavy atom. The third-order valence-electron chi connectivity index (χ3n) is 5.97. The van der Waals surface area contributed by atoms with Gasteiger partial charge in [0.05, 0.1) is 13.0 Å². The monoisotopic (exact) mass is 417 g/mol. The molecule has 0 bridgehead atoms. The molecule has 158 valence electrons. The molecule has 0 aliphatic carbocycles. The number of carbonyl (C=O) groups is 1. The maximum Gasteiger partial charge on any atom is 0.314 e. The summed E-state index contributed by atoms with van der Waals surface area (Å²) >= 11 is 0. The van der Waals surface area contributed by atoms with Crippen LogP contribution in [0.25, 0.3) is 0 Å². The predicted octanol–water partition coefficient (Wildman–Crippen LogP) is 4.86. The molecule has 1 saturated heterocycles. The number of nitrogens with zero attached hydrogens (tertiary/aromatic N) is 1. The second-order valence-corrected chi connectivity index (χ2v) is 7.91. The molecule has 0 N–H and O–H groups in total. The van der Waals surface area contributed by atoms with E-state index in [0.29, 0.717) is 18.5 Å². The molecule has 1 heterocycles. The van der Waals surface area contributed by atoms with Gasteiger partial charge in [-0.2, -0.15) is 0 Å². The fraction of sp³-hybridized carbons (Fsp3) is 0.458. The molecule has 3 atom stereocenters. The number of piperidine rings is 1. The van der Waals surface area contributed by atoms with E-state index < -0.39 is 0 Å². The van der Waals surface area contributed by atoms with E-state index in [4.69, 9.17) is 9.47 Å². The molecule has 0 aromatic heterocycles. The minimum atomic E-state index is -0.306. The van der Waals surface area contributed by atoms with Gasteiger partial charge in [0.2, 0.25) is 0 Å².